The maximum Gasteiger partial charge on any atom is 0.241 e. The van der Waals surface area contributed by atoms with Gasteiger partial charge in [-0.25, -0.2) is 13.1 Å². The molecule has 1 unspecified atom stereocenters. The molecule has 0 aliphatic carbocycles. The summed E-state index contributed by atoms with van der Waals surface area (Å²) in [5.74, 6) is -0.402. The van der Waals surface area contributed by atoms with Crippen molar-refractivity contribution in [2.45, 2.75) is 31.1 Å². The Balaban J connectivity index is 2.64. The standard InChI is InChI=1S/C10H21N3O3S/c1-8(10(14)13(2)3)17(15,16)12-9-5-4-6-11-7-9/h8-9,11-12H,4-7H2,1-3H3/t8?,9-/m1/s1. The second-order valence-corrected chi connectivity index (χ2v) is 6.61. The van der Waals surface area contributed by atoms with E-state index in [1.54, 1.807) is 14.1 Å². The lowest BCUT2D eigenvalue weighted by Gasteiger charge is -2.25. The van der Waals surface area contributed by atoms with Crippen LogP contribution >= 0.6 is 0 Å². The minimum atomic E-state index is -3.59. The Bertz CT molecular complexity index is 361. The molecule has 1 rings (SSSR count). The summed E-state index contributed by atoms with van der Waals surface area (Å²) in [7, 11) is -0.481. The molecule has 7 heteroatoms. The van der Waals surface area contributed by atoms with E-state index in [2.05, 4.69) is 10.0 Å². The first-order valence-electron chi connectivity index (χ1n) is 5.77. The zero-order chi connectivity index (χ0) is 13.1. The van der Waals surface area contributed by atoms with Crippen LogP contribution < -0.4 is 10.0 Å². The minimum Gasteiger partial charge on any atom is -0.348 e. The average molecular weight is 263 g/mol. The molecule has 1 heterocycles. The van der Waals surface area contributed by atoms with Crippen molar-refractivity contribution >= 4 is 15.9 Å². The highest BCUT2D eigenvalue weighted by atomic mass is 32.2. The number of sulfonamides is 1. The first-order valence-corrected chi connectivity index (χ1v) is 7.32. The molecule has 0 aromatic heterocycles. The third kappa shape index (κ3) is 3.93. The van der Waals surface area contributed by atoms with Crippen molar-refractivity contribution < 1.29 is 13.2 Å². The molecule has 0 radical (unpaired) electrons. The number of rotatable bonds is 4. The molecule has 1 fully saturated rings. The maximum absolute atomic E-state index is 12.0. The fourth-order valence-electron chi connectivity index (χ4n) is 1.78. The third-order valence-electron chi connectivity index (χ3n) is 2.88. The molecule has 0 bridgehead atoms. The lowest BCUT2D eigenvalue weighted by atomic mass is 10.1. The Labute approximate surface area is 103 Å². The van der Waals surface area contributed by atoms with Crippen molar-refractivity contribution in [3.63, 3.8) is 0 Å². The van der Waals surface area contributed by atoms with Crippen molar-refractivity contribution in [2.75, 3.05) is 27.2 Å². The average Bonchev–Trinajstić information content (AvgIpc) is 2.27. The molecule has 1 saturated heterocycles. The van der Waals surface area contributed by atoms with Crippen molar-refractivity contribution in [1.82, 2.24) is 14.9 Å². The molecule has 0 aromatic carbocycles. The van der Waals surface area contributed by atoms with Crippen LogP contribution in [0.3, 0.4) is 0 Å². The summed E-state index contributed by atoms with van der Waals surface area (Å²) in [4.78, 5) is 12.9. The van der Waals surface area contributed by atoms with E-state index in [1.807, 2.05) is 0 Å². The van der Waals surface area contributed by atoms with Crippen LogP contribution in [0.1, 0.15) is 19.8 Å². The zero-order valence-corrected chi connectivity index (χ0v) is 11.4. The van der Waals surface area contributed by atoms with Crippen LogP contribution in [0.5, 0.6) is 0 Å². The number of carbonyl (C=O) groups excluding carboxylic acids is 1. The van der Waals surface area contributed by atoms with Crippen molar-refractivity contribution in [3.05, 3.63) is 0 Å². The summed E-state index contributed by atoms with van der Waals surface area (Å²) in [6.07, 6.45) is 1.76. The molecule has 1 aliphatic rings. The van der Waals surface area contributed by atoms with Gasteiger partial charge in [-0.3, -0.25) is 4.79 Å². The monoisotopic (exact) mass is 263 g/mol. The van der Waals surface area contributed by atoms with Gasteiger partial charge in [0.15, 0.2) is 5.25 Å². The summed E-state index contributed by atoms with van der Waals surface area (Å²) in [6.45, 7) is 2.97. The highest BCUT2D eigenvalue weighted by Crippen LogP contribution is 2.07. The van der Waals surface area contributed by atoms with Crippen molar-refractivity contribution in [3.8, 4) is 0 Å². The molecular formula is C10H21N3O3S. The number of amides is 1. The van der Waals surface area contributed by atoms with E-state index in [0.29, 0.717) is 6.54 Å². The van der Waals surface area contributed by atoms with E-state index >= 15 is 0 Å². The van der Waals surface area contributed by atoms with E-state index < -0.39 is 21.2 Å². The van der Waals surface area contributed by atoms with Crippen LogP contribution in [0, 0.1) is 0 Å². The quantitative estimate of drug-likeness (QED) is 0.691. The number of nitrogens with one attached hydrogen (secondary N) is 2. The van der Waals surface area contributed by atoms with Crippen molar-refractivity contribution in [2.24, 2.45) is 0 Å². The first-order chi connectivity index (χ1) is 7.84. The Morgan fingerprint density at radius 3 is 2.59 bits per heavy atom. The summed E-state index contributed by atoms with van der Waals surface area (Å²) >= 11 is 0. The fraction of sp³-hybridized carbons (Fsp3) is 0.900. The Morgan fingerprint density at radius 2 is 2.12 bits per heavy atom. The van der Waals surface area contributed by atoms with E-state index in [4.69, 9.17) is 0 Å². The molecular weight excluding hydrogens is 242 g/mol. The number of hydrogen-bond donors (Lipinski definition) is 2. The summed E-state index contributed by atoms with van der Waals surface area (Å²) < 4.78 is 26.5. The van der Waals surface area contributed by atoms with E-state index in [-0.39, 0.29) is 6.04 Å². The first kappa shape index (κ1) is 14.4. The number of hydrogen-bond acceptors (Lipinski definition) is 4. The van der Waals surface area contributed by atoms with Gasteiger partial charge in [-0.05, 0) is 26.3 Å². The number of carbonyl (C=O) groups is 1. The van der Waals surface area contributed by atoms with E-state index in [9.17, 15) is 13.2 Å². The number of piperidine rings is 1. The van der Waals surface area contributed by atoms with Gasteiger partial charge in [0.1, 0.15) is 0 Å². The fourth-order valence-corrected chi connectivity index (χ4v) is 3.13. The Kier molecular flexibility index (Phi) is 4.91. The van der Waals surface area contributed by atoms with Crippen LogP contribution in [0.15, 0.2) is 0 Å². The van der Waals surface area contributed by atoms with Gasteiger partial charge in [-0.1, -0.05) is 0 Å². The normalized spacial score (nSPS) is 23.1. The van der Waals surface area contributed by atoms with Crippen LogP contribution in [0.4, 0.5) is 0 Å². The molecule has 1 aliphatic heterocycles. The van der Waals surface area contributed by atoms with Gasteiger partial charge in [-0.15, -0.1) is 0 Å². The molecule has 2 N–H and O–H groups in total. The second kappa shape index (κ2) is 5.79. The van der Waals surface area contributed by atoms with Gasteiger partial charge < -0.3 is 10.2 Å². The summed E-state index contributed by atoms with van der Waals surface area (Å²) in [6, 6.07) is -0.105. The maximum atomic E-state index is 12.0. The molecule has 100 valence electrons. The molecule has 2 atom stereocenters. The van der Waals surface area contributed by atoms with Crippen molar-refractivity contribution in [1.29, 1.82) is 0 Å². The summed E-state index contributed by atoms with van der Waals surface area (Å²) in [5, 5.41) is 2.08. The Morgan fingerprint density at radius 1 is 1.47 bits per heavy atom. The van der Waals surface area contributed by atoms with Gasteiger partial charge >= 0.3 is 0 Å². The lowest BCUT2D eigenvalue weighted by Crippen LogP contribution is -2.50. The van der Waals surface area contributed by atoms with Crippen LogP contribution in [-0.2, 0) is 14.8 Å². The van der Waals surface area contributed by atoms with Gasteiger partial charge in [0.2, 0.25) is 15.9 Å². The second-order valence-electron chi connectivity index (χ2n) is 4.58. The van der Waals surface area contributed by atoms with Gasteiger partial charge in [0, 0.05) is 26.7 Å². The van der Waals surface area contributed by atoms with Crippen LogP contribution in [-0.4, -0.2) is 57.7 Å². The zero-order valence-electron chi connectivity index (χ0n) is 10.6. The molecule has 0 saturated carbocycles. The van der Waals surface area contributed by atoms with Gasteiger partial charge in [-0.2, -0.15) is 0 Å². The van der Waals surface area contributed by atoms with Crippen LogP contribution in [0.2, 0.25) is 0 Å². The van der Waals surface area contributed by atoms with Gasteiger partial charge in [0.25, 0.3) is 0 Å². The van der Waals surface area contributed by atoms with E-state index in [1.165, 1.54) is 11.8 Å². The molecule has 0 spiro atoms. The van der Waals surface area contributed by atoms with E-state index in [0.717, 1.165) is 19.4 Å². The predicted molar refractivity (Wildman–Crippen MR) is 66.1 cm³/mol. The molecule has 17 heavy (non-hydrogen) atoms. The highest BCUT2D eigenvalue weighted by molar-refractivity contribution is 7.90. The SMILES string of the molecule is CC(C(=O)N(C)C)S(=O)(=O)N[C@@H]1CCCNC1. The molecule has 0 aromatic rings. The number of nitrogens with zero attached hydrogens (tertiary/aromatic N) is 1. The minimum absolute atomic E-state index is 0.105. The molecule has 1 amide bonds. The smallest absolute Gasteiger partial charge is 0.241 e. The van der Waals surface area contributed by atoms with Crippen LogP contribution in [0.25, 0.3) is 0 Å². The predicted octanol–water partition coefficient (Wildman–Crippen LogP) is -0.865. The summed E-state index contributed by atoms with van der Waals surface area (Å²) in [5.41, 5.74) is 0. The highest BCUT2D eigenvalue weighted by Gasteiger charge is 2.31. The van der Waals surface area contributed by atoms with Gasteiger partial charge in [0.05, 0.1) is 0 Å². The largest absolute Gasteiger partial charge is 0.348 e. The molecule has 6 nitrogen and oxygen atoms in total. The topological polar surface area (TPSA) is 78.5 Å². The Hall–Kier alpha value is -0.660. The third-order valence-corrected chi connectivity index (χ3v) is 4.68. The lowest BCUT2D eigenvalue weighted by molar-refractivity contribution is -0.127.